The zero-order chi connectivity index (χ0) is 9.56. The van der Waals surface area contributed by atoms with E-state index in [2.05, 4.69) is 26.7 Å². The summed E-state index contributed by atoms with van der Waals surface area (Å²) in [5.74, 6) is 3.50. The van der Waals surface area contributed by atoms with Crippen molar-refractivity contribution in [3.63, 3.8) is 0 Å². The summed E-state index contributed by atoms with van der Waals surface area (Å²) in [6.45, 7) is 6.36. The van der Waals surface area contributed by atoms with Crippen LogP contribution < -0.4 is 0 Å². The summed E-state index contributed by atoms with van der Waals surface area (Å²) >= 11 is 0. The van der Waals surface area contributed by atoms with Gasteiger partial charge in [-0.15, -0.1) is 12.3 Å². The Balaban J connectivity index is 3.58. The lowest BCUT2D eigenvalue weighted by atomic mass is 9.90. The average molecular weight is 168 g/mol. The van der Waals surface area contributed by atoms with Gasteiger partial charge in [-0.3, -0.25) is 0 Å². The number of terminal acetylenes is 1. The molecule has 12 heavy (non-hydrogen) atoms. The average Bonchev–Trinajstić information content (AvgIpc) is 2.03. The number of aliphatic hydroxyl groups is 1. The Labute approximate surface area is 76.2 Å². The lowest BCUT2D eigenvalue weighted by molar-refractivity contribution is 0.0824. The third kappa shape index (κ3) is 4.41. The molecule has 2 atom stereocenters. The van der Waals surface area contributed by atoms with E-state index in [1.807, 2.05) is 0 Å². The summed E-state index contributed by atoms with van der Waals surface area (Å²) in [4.78, 5) is 0. The van der Waals surface area contributed by atoms with Gasteiger partial charge in [0.2, 0.25) is 0 Å². The van der Waals surface area contributed by atoms with Crippen molar-refractivity contribution in [3.05, 3.63) is 0 Å². The van der Waals surface area contributed by atoms with Crippen molar-refractivity contribution in [1.82, 2.24) is 0 Å². The molecule has 0 rings (SSSR count). The highest BCUT2D eigenvalue weighted by molar-refractivity contribution is 4.83. The molecule has 0 spiro atoms. The van der Waals surface area contributed by atoms with E-state index in [0.29, 0.717) is 11.8 Å². The molecular weight excluding hydrogens is 148 g/mol. The Morgan fingerprint density at radius 2 is 1.92 bits per heavy atom. The monoisotopic (exact) mass is 168 g/mol. The molecule has 0 saturated carbocycles. The minimum Gasteiger partial charge on any atom is -0.393 e. The Hall–Kier alpha value is -0.480. The van der Waals surface area contributed by atoms with E-state index in [1.54, 1.807) is 0 Å². The molecule has 0 aliphatic carbocycles. The van der Waals surface area contributed by atoms with Crippen molar-refractivity contribution in [3.8, 4) is 12.3 Å². The fourth-order valence-electron chi connectivity index (χ4n) is 1.12. The first kappa shape index (κ1) is 11.5. The van der Waals surface area contributed by atoms with Crippen LogP contribution in [0.25, 0.3) is 0 Å². The summed E-state index contributed by atoms with van der Waals surface area (Å²) in [6, 6.07) is 0. The van der Waals surface area contributed by atoms with Crippen LogP contribution >= 0.6 is 0 Å². The van der Waals surface area contributed by atoms with E-state index in [-0.39, 0.29) is 6.10 Å². The third-order valence-corrected chi connectivity index (χ3v) is 2.48. The Morgan fingerprint density at radius 1 is 1.33 bits per heavy atom. The maximum Gasteiger partial charge on any atom is 0.0568 e. The normalized spacial score (nSPS) is 15.7. The van der Waals surface area contributed by atoms with Gasteiger partial charge >= 0.3 is 0 Å². The number of unbranched alkanes of at least 4 members (excludes halogenated alkanes) is 1. The topological polar surface area (TPSA) is 20.2 Å². The molecule has 1 heteroatoms. The van der Waals surface area contributed by atoms with E-state index < -0.39 is 0 Å². The molecular formula is C11H20O. The quantitative estimate of drug-likeness (QED) is 0.494. The minimum atomic E-state index is -0.182. The largest absolute Gasteiger partial charge is 0.393 e. The van der Waals surface area contributed by atoms with Gasteiger partial charge in [0.05, 0.1) is 6.10 Å². The highest BCUT2D eigenvalue weighted by Crippen LogP contribution is 2.18. The van der Waals surface area contributed by atoms with Gasteiger partial charge in [-0.05, 0) is 24.7 Å². The SMILES string of the molecule is C#CCCCC(O)C(C)C(C)C. The second-order valence-corrected chi connectivity index (χ2v) is 3.77. The van der Waals surface area contributed by atoms with E-state index >= 15 is 0 Å². The summed E-state index contributed by atoms with van der Waals surface area (Å²) in [5.41, 5.74) is 0. The highest BCUT2D eigenvalue weighted by atomic mass is 16.3. The molecule has 0 aliphatic heterocycles. The van der Waals surface area contributed by atoms with Crippen LogP contribution in [0.5, 0.6) is 0 Å². The van der Waals surface area contributed by atoms with Gasteiger partial charge in [0.1, 0.15) is 0 Å². The molecule has 0 bridgehead atoms. The molecule has 2 unspecified atom stereocenters. The fraction of sp³-hybridized carbons (Fsp3) is 0.818. The van der Waals surface area contributed by atoms with Crippen LogP contribution in [0.1, 0.15) is 40.0 Å². The van der Waals surface area contributed by atoms with E-state index in [9.17, 15) is 5.11 Å². The van der Waals surface area contributed by atoms with Gasteiger partial charge < -0.3 is 5.11 Å². The molecule has 1 nitrogen and oxygen atoms in total. The lowest BCUT2D eigenvalue weighted by Gasteiger charge is -2.21. The number of rotatable bonds is 5. The maximum absolute atomic E-state index is 9.65. The van der Waals surface area contributed by atoms with Gasteiger partial charge in [0.15, 0.2) is 0 Å². The van der Waals surface area contributed by atoms with Gasteiger partial charge in [-0.1, -0.05) is 20.8 Å². The van der Waals surface area contributed by atoms with Gasteiger partial charge in [0, 0.05) is 6.42 Å². The van der Waals surface area contributed by atoms with E-state index in [1.165, 1.54) is 0 Å². The number of hydrogen-bond donors (Lipinski definition) is 1. The molecule has 0 radical (unpaired) electrons. The minimum absolute atomic E-state index is 0.182. The predicted molar refractivity (Wildman–Crippen MR) is 52.7 cm³/mol. The molecule has 70 valence electrons. The molecule has 0 aromatic carbocycles. The second kappa shape index (κ2) is 6.08. The van der Waals surface area contributed by atoms with Crippen LogP contribution in [-0.2, 0) is 0 Å². The van der Waals surface area contributed by atoms with Gasteiger partial charge in [-0.2, -0.15) is 0 Å². The molecule has 0 heterocycles. The van der Waals surface area contributed by atoms with Crippen molar-refractivity contribution >= 4 is 0 Å². The van der Waals surface area contributed by atoms with E-state index in [4.69, 9.17) is 6.42 Å². The first-order valence-corrected chi connectivity index (χ1v) is 4.71. The number of hydrogen-bond acceptors (Lipinski definition) is 1. The van der Waals surface area contributed by atoms with Crippen LogP contribution in [0.3, 0.4) is 0 Å². The summed E-state index contributed by atoms with van der Waals surface area (Å²) < 4.78 is 0. The first-order chi connectivity index (χ1) is 5.59. The fourth-order valence-corrected chi connectivity index (χ4v) is 1.12. The van der Waals surface area contributed by atoms with Gasteiger partial charge in [-0.25, -0.2) is 0 Å². The zero-order valence-electron chi connectivity index (χ0n) is 8.38. The molecule has 0 aromatic rings. The predicted octanol–water partition coefficient (Wildman–Crippen LogP) is 2.44. The van der Waals surface area contributed by atoms with E-state index in [0.717, 1.165) is 19.3 Å². The molecule has 1 N–H and O–H groups in total. The summed E-state index contributed by atoms with van der Waals surface area (Å²) in [5, 5.41) is 9.65. The molecule has 0 fully saturated rings. The molecule has 0 saturated heterocycles. The Kier molecular flexibility index (Phi) is 5.84. The van der Waals surface area contributed by atoms with Crippen molar-refractivity contribution < 1.29 is 5.11 Å². The standard InChI is InChI=1S/C11H20O/c1-5-6-7-8-11(12)10(4)9(2)3/h1,9-12H,6-8H2,2-4H3. The Morgan fingerprint density at radius 3 is 2.33 bits per heavy atom. The van der Waals surface area contributed by atoms with Crippen molar-refractivity contribution in [2.24, 2.45) is 11.8 Å². The zero-order valence-corrected chi connectivity index (χ0v) is 8.38. The van der Waals surface area contributed by atoms with Crippen molar-refractivity contribution in [2.75, 3.05) is 0 Å². The van der Waals surface area contributed by atoms with Crippen LogP contribution in [0, 0.1) is 24.2 Å². The lowest BCUT2D eigenvalue weighted by Crippen LogP contribution is -2.22. The molecule has 0 aromatic heterocycles. The molecule has 0 amide bonds. The third-order valence-electron chi connectivity index (χ3n) is 2.48. The van der Waals surface area contributed by atoms with Crippen LogP contribution in [-0.4, -0.2) is 11.2 Å². The van der Waals surface area contributed by atoms with Crippen molar-refractivity contribution in [2.45, 2.75) is 46.1 Å². The first-order valence-electron chi connectivity index (χ1n) is 4.71. The highest BCUT2D eigenvalue weighted by Gasteiger charge is 2.16. The second-order valence-electron chi connectivity index (χ2n) is 3.77. The van der Waals surface area contributed by atoms with Crippen LogP contribution in [0.4, 0.5) is 0 Å². The molecule has 0 aliphatic rings. The smallest absolute Gasteiger partial charge is 0.0568 e. The number of aliphatic hydroxyl groups excluding tert-OH is 1. The van der Waals surface area contributed by atoms with Crippen LogP contribution in [0.15, 0.2) is 0 Å². The van der Waals surface area contributed by atoms with Crippen LogP contribution in [0.2, 0.25) is 0 Å². The maximum atomic E-state index is 9.65. The Bertz CT molecular complexity index is 144. The summed E-state index contributed by atoms with van der Waals surface area (Å²) in [7, 11) is 0. The van der Waals surface area contributed by atoms with Crippen molar-refractivity contribution in [1.29, 1.82) is 0 Å². The summed E-state index contributed by atoms with van der Waals surface area (Å²) in [6.07, 6.45) is 7.49. The van der Waals surface area contributed by atoms with Gasteiger partial charge in [0.25, 0.3) is 0 Å².